The Balaban J connectivity index is 1.84. The van der Waals surface area contributed by atoms with Gasteiger partial charge in [0.2, 0.25) is 5.95 Å². The second kappa shape index (κ2) is 7.95. The lowest BCUT2D eigenvalue weighted by molar-refractivity contribution is 0.564. The molecule has 0 saturated carbocycles. The molecule has 4 aromatic rings. The van der Waals surface area contributed by atoms with Crippen LogP contribution in [0.3, 0.4) is 0 Å². The van der Waals surface area contributed by atoms with Crippen LogP contribution in [0.2, 0.25) is 5.15 Å². The number of anilines is 1. The van der Waals surface area contributed by atoms with Crippen LogP contribution in [0.15, 0.2) is 35.5 Å². The largest absolute Gasteiger partial charge is 0.368 e. The quantitative estimate of drug-likeness (QED) is 0.479. The molecule has 30 heavy (non-hydrogen) atoms. The third kappa shape index (κ3) is 3.47. The Bertz CT molecular complexity index is 1270. The van der Waals surface area contributed by atoms with E-state index >= 15 is 0 Å². The van der Waals surface area contributed by atoms with E-state index in [2.05, 4.69) is 28.8 Å². The molecule has 0 aromatic carbocycles. The number of aryl methyl sites for hydroxylation is 3. The van der Waals surface area contributed by atoms with Gasteiger partial charge in [-0.1, -0.05) is 18.5 Å². The van der Waals surface area contributed by atoms with Crippen molar-refractivity contribution in [1.29, 1.82) is 0 Å². The van der Waals surface area contributed by atoms with Gasteiger partial charge in [-0.25, -0.2) is 4.79 Å². The first kappa shape index (κ1) is 20.2. The van der Waals surface area contributed by atoms with Crippen molar-refractivity contribution in [3.8, 4) is 0 Å². The number of halogens is 1. The summed E-state index contributed by atoms with van der Waals surface area (Å²) in [7, 11) is 0. The molecule has 0 fully saturated rings. The number of hydrogen-bond donors (Lipinski definition) is 1. The van der Waals surface area contributed by atoms with Gasteiger partial charge < -0.3 is 10.3 Å². The van der Waals surface area contributed by atoms with Crippen LogP contribution in [0.25, 0.3) is 11.2 Å². The molecule has 0 aliphatic rings. The van der Waals surface area contributed by atoms with Crippen molar-refractivity contribution in [1.82, 2.24) is 28.7 Å². The van der Waals surface area contributed by atoms with E-state index in [-0.39, 0.29) is 23.3 Å². The standard InChI is InChI=1S/C21H24ClN7O/c1-4-15-13(2)11-24-16(14(15)3)12-29-19-17(18(22)25-20(23)26-19)28(21(29)30)10-9-27-7-5-6-8-27/h5-8,11H,4,9-10,12H2,1-3H3,(H2,23,25,26). The van der Waals surface area contributed by atoms with Gasteiger partial charge in [-0.15, -0.1) is 0 Å². The Labute approximate surface area is 179 Å². The van der Waals surface area contributed by atoms with Crippen molar-refractivity contribution in [2.75, 3.05) is 5.73 Å². The SMILES string of the molecule is CCc1c(C)cnc(Cn2c(=O)n(CCn3cccc3)c3c(Cl)nc(N)nc32)c1C. The normalized spacial score (nSPS) is 11.5. The Morgan fingerprint density at radius 2 is 1.83 bits per heavy atom. The summed E-state index contributed by atoms with van der Waals surface area (Å²) < 4.78 is 5.20. The number of imidazole rings is 1. The summed E-state index contributed by atoms with van der Waals surface area (Å²) in [6, 6.07) is 3.89. The topological polar surface area (TPSA) is 96.5 Å². The van der Waals surface area contributed by atoms with Crippen molar-refractivity contribution in [2.45, 2.75) is 46.8 Å². The predicted octanol–water partition coefficient (Wildman–Crippen LogP) is 2.95. The minimum Gasteiger partial charge on any atom is -0.368 e. The van der Waals surface area contributed by atoms with Gasteiger partial charge in [0.1, 0.15) is 5.52 Å². The van der Waals surface area contributed by atoms with Gasteiger partial charge in [0.25, 0.3) is 0 Å². The molecule has 0 aliphatic carbocycles. The Hall–Kier alpha value is -3.13. The first-order valence-corrected chi connectivity index (χ1v) is 10.2. The fraction of sp³-hybridized carbons (Fsp3) is 0.333. The highest BCUT2D eigenvalue weighted by Crippen LogP contribution is 2.23. The maximum Gasteiger partial charge on any atom is 0.330 e. The third-order valence-corrected chi connectivity index (χ3v) is 5.78. The number of pyridine rings is 1. The van der Waals surface area contributed by atoms with Crippen LogP contribution in [0.4, 0.5) is 5.95 Å². The van der Waals surface area contributed by atoms with Crippen LogP contribution in [-0.2, 0) is 26.1 Å². The predicted molar refractivity (Wildman–Crippen MR) is 118 cm³/mol. The summed E-state index contributed by atoms with van der Waals surface area (Å²) in [5.74, 6) is 0.0339. The molecule has 0 spiro atoms. The molecule has 0 aliphatic heterocycles. The average Bonchev–Trinajstić information content (AvgIpc) is 3.30. The zero-order valence-corrected chi connectivity index (χ0v) is 18.0. The highest BCUT2D eigenvalue weighted by Gasteiger charge is 2.20. The van der Waals surface area contributed by atoms with Crippen molar-refractivity contribution < 1.29 is 0 Å². The molecule has 0 radical (unpaired) electrons. The van der Waals surface area contributed by atoms with Crippen molar-refractivity contribution in [3.05, 3.63) is 68.7 Å². The molecule has 0 saturated heterocycles. The van der Waals surface area contributed by atoms with E-state index in [1.807, 2.05) is 42.2 Å². The summed E-state index contributed by atoms with van der Waals surface area (Å²) >= 11 is 6.39. The molecular weight excluding hydrogens is 402 g/mol. The van der Waals surface area contributed by atoms with Crippen LogP contribution in [0.5, 0.6) is 0 Å². The smallest absolute Gasteiger partial charge is 0.330 e. The second-order valence-electron chi connectivity index (χ2n) is 7.33. The number of hydrogen-bond acceptors (Lipinski definition) is 5. The molecule has 8 nitrogen and oxygen atoms in total. The van der Waals surface area contributed by atoms with Gasteiger partial charge in [0.05, 0.1) is 12.2 Å². The lowest BCUT2D eigenvalue weighted by Crippen LogP contribution is -2.27. The van der Waals surface area contributed by atoms with Gasteiger partial charge in [-0.2, -0.15) is 9.97 Å². The van der Waals surface area contributed by atoms with Gasteiger partial charge in [0.15, 0.2) is 10.8 Å². The summed E-state index contributed by atoms with van der Waals surface area (Å²) in [6.45, 7) is 7.55. The van der Waals surface area contributed by atoms with E-state index in [4.69, 9.17) is 17.3 Å². The molecule has 4 heterocycles. The zero-order chi connectivity index (χ0) is 21.4. The fourth-order valence-corrected chi connectivity index (χ4v) is 4.21. The van der Waals surface area contributed by atoms with E-state index in [0.717, 1.165) is 23.2 Å². The number of nitrogens with zero attached hydrogens (tertiary/aromatic N) is 6. The number of rotatable bonds is 6. The Morgan fingerprint density at radius 3 is 2.53 bits per heavy atom. The minimum absolute atomic E-state index is 0.0339. The van der Waals surface area contributed by atoms with E-state index in [1.165, 1.54) is 5.56 Å². The number of nitrogen functional groups attached to an aromatic ring is 1. The molecule has 2 N–H and O–H groups in total. The maximum atomic E-state index is 13.4. The highest BCUT2D eigenvalue weighted by molar-refractivity contribution is 6.33. The van der Waals surface area contributed by atoms with Gasteiger partial charge in [-0.05, 0) is 49.1 Å². The van der Waals surface area contributed by atoms with Crippen molar-refractivity contribution >= 4 is 28.7 Å². The number of nitrogens with two attached hydrogens (primary N) is 1. The van der Waals surface area contributed by atoms with E-state index in [1.54, 1.807) is 9.13 Å². The Kier molecular flexibility index (Phi) is 5.34. The fourth-order valence-electron chi connectivity index (χ4n) is 3.94. The lowest BCUT2D eigenvalue weighted by Gasteiger charge is -2.12. The van der Waals surface area contributed by atoms with E-state index in [9.17, 15) is 4.79 Å². The minimum atomic E-state index is -0.209. The van der Waals surface area contributed by atoms with Crippen molar-refractivity contribution in [3.63, 3.8) is 0 Å². The van der Waals surface area contributed by atoms with Crippen LogP contribution in [0, 0.1) is 13.8 Å². The second-order valence-corrected chi connectivity index (χ2v) is 7.69. The molecule has 0 unspecified atom stereocenters. The van der Waals surface area contributed by atoms with Gasteiger partial charge in [0, 0.05) is 31.7 Å². The monoisotopic (exact) mass is 425 g/mol. The van der Waals surface area contributed by atoms with Crippen LogP contribution in [-0.4, -0.2) is 28.7 Å². The summed E-state index contributed by atoms with van der Waals surface area (Å²) in [4.78, 5) is 26.4. The highest BCUT2D eigenvalue weighted by atomic mass is 35.5. The number of aromatic nitrogens is 6. The van der Waals surface area contributed by atoms with Crippen molar-refractivity contribution in [2.24, 2.45) is 0 Å². The zero-order valence-electron chi connectivity index (χ0n) is 17.3. The lowest BCUT2D eigenvalue weighted by atomic mass is 10.0. The van der Waals surface area contributed by atoms with E-state index < -0.39 is 0 Å². The molecule has 0 bridgehead atoms. The maximum absolute atomic E-state index is 13.4. The summed E-state index contributed by atoms with van der Waals surface area (Å²) in [5.41, 5.74) is 10.9. The molecule has 4 rings (SSSR count). The van der Waals surface area contributed by atoms with Crippen LogP contribution in [0.1, 0.15) is 29.3 Å². The van der Waals surface area contributed by atoms with Crippen LogP contribution < -0.4 is 11.4 Å². The first-order valence-electron chi connectivity index (χ1n) is 9.87. The van der Waals surface area contributed by atoms with Gasteiger partial charge in [-0.3, -0.25) is 14.1 Å². The molecule has 9 heteroatoms. The number of fused-ring (bicyclic) bond motifs is 1. The molecule has 156 valence electrons. The average molecular weight is 426 g/mol. The van der Waals surface area contributed by atoms with Crippen LogP contribution >= 0.6 is 11.6 Å². The Morgan fingerprint density at radius 1 is 1.10 bits per heavy atom. The summed E-state index contributed by atoms with van der Waals surface area (Å²) in [5, 5.41) is 0.170. The molecular formula is C21H24ClN7O. The van der Waals surface area contributed by atoms with Gasteiger partial charge >= 0.3 is 5.69 Å². The molecule has 0 atom stereocenters. The first-order chi connectivity index (χ1) is 14.4. The third-order valence-electron chi connectivity index (χ3n) is 5.51. The summed E-state index contributed by atoms with van der Waals surface area (Å²) in [6.07, 6.45) is 6.66. The molecule has 4 aromatic heterocycles. The van der Waals surface area contributed by atoms with E-state index in [0.29, 0.717) is 24.3 Å². The molecule has 0 amide bonds.